The van der Waals surface area contributed by atoms with Crippen LogP contribution in [0.15, 0.2) is 42.5 Å². The van der Waals surface area contributed by atoms with Crippen molar-refractivity contribution in [1.29, 1.82) is 0 Å². The van der Waals surface area contributed by atoms with E-state index in [0.717, 1.165) is 11.3 Å². The minimum Gasteiger partial charge on any atom is -0.496 e. The van der Waals surface area contributed by atoms with Gasteiger partial charge in [0.2, 0.25) is 0 Å². The zero-order chi connectivity index (χ0) is 15.2. The van der Waals surface area contributed by atoms with E-state index in [1.54, 1.807) is 19.2 Å². The number of para-hydroxylation sites is 2. The van der Waals surface area contributed by atoms with E-state index >= 15 is 0 Å². The lowest BCUT2D eigenvalue weighted by molar-refractivity contribution is -0.383. The third-order valence-electron chi connectivity index (χ3n) is 3.07. The fourth-order valence-electron chi connectivity index (χ4n) is 2.08. The van der Waals surface area contributed by atoms with Crippen LogP contribution in [0.2, 0.25) is 5.02 Å². The van der Waals surface area contributed by atoms with Crippen LogP contribution in [-0.4, -0.2) is 18.6 Å². The van der Waals surface area contributed by atoms with Crippen molar-refractivity contribution in [3.8, 4) is 5.75 Å². The number of benzene rings is 2. The highest BCUT2D eigenvalue weighted by atomic mass is 35.5. The summed E-state index contributed by atoms with van der Waals surface area (Å²) < 4.78 is 5.27. The van der Waals surface area contributed by atoms with E-state index in [1.807, 2.05) is 24.3 Å². The zero-order valence-corrected chi connectivity index (χ0v) is 12.3. The Labute approximate surface area is 127 Å². The van der Waals surface area contributed by atoms with Crippen LogP contribution in [0.5, 0.6) is 5.75 Å². The molecule has 0 aliphatic rings. The van der Waals surface area contributed by atoms with E-state index in [-0.39, 0.29) is 10.7 Å². The van der Waals surface area contributed by atoms with Gasteiger partial charge in [0, 0.05) is 6.54 Å². The molecule has 110 valence electrons. The maximum Gasteiger partial charge on any atom is 0.310 e. The van der Waals surface area contributed by atoms with Crippen LogP contribution < -0.4 is 10.1 Å². The highest BCUT2D eigenvalue weighted by molar-refractivity contribution is 6.33. The molecule has 1 N–H and O–H groups in total. The number of hydrogen-bond acceptors (Lipinski definition) is 4. The summed E-state index contributed by atoms with van der Waals surface area (Å²) in [6.07, 6.45) is 0.688. The fraction of sp³-hybridized carbons (Fsp3) is 0.200. The van der Waals surface area contributed by atoms with E-state index in [4.69, 9.17) is 16.3 Å². The van der Waals surface area contributed by atoms with Gasteiger partial charge in [-0.2, -0.15) is 0 Å². The van der Waals surface area contributed by atoms with E-state index in [1.165, 1.54) is 6.07 Å². The minimum absolute atomic E-state index is 0.0980. The van der Waals surface area contributed by atoms with Gasteiger partial charge in [0.1, 0.15) is 16.5 Å². The number of anilines is 1. The van der Waals surface area contributed by atoms with Gasteiger partial charge < -0.3 is 10.1 Å². The number of nitro groups is 1. The van der Waals surface area contributed by atoms with Gasteiger partial charge in [-0.3, -0.25) is 10.1 Å². The Bertz CT molecular complexity index is 647. The lowest BCUT2D eigenvalue weighted by Crippen LogP contribution is -2.07. The van der Waals surface area contributed by atoms with Crippen molar-refractivity contribution < 1.29 is 9.66 Å². The molecule has 0 aromatic heterocycles. The molecular weight excluding hydrogens is 292 g/mol. The van der Waals surface area contributed by atoms with Gasteiger partial charge in [0.25, 0.3) is 0 Å². The van der Waals surface area contributed by atoms with E-state index < -0.39 is 4.92 Å². The largest absolute Gasteiger partial charge is 0.496 e. The summed E-state index contributed by atoms with van der Waals surface area (Å²) in [5.74, 6) is 0.805. The number of hydrogen-bond donors (Lipinski definition) is 1. The number of halogens is 1. The molecule has 0 amide bonds. The topological polar surface area (TPSA) is 64.4 Å². The number of nitrogens with one attached hydrogen (secondary N) is 1. The average Bonchev–Trinajstić information content (AvgIpc) is 2.47. The predicted octanol–water partition coefficient (Wildman–Crippen LogP) is 3.91. The summed E-state index contributed by atoms with van der Waals surface area (Å²) >= 11 is 5.87. The zero-order valence-electron chi connectivity index (χ0n) is 11.5. The molecular formula is C15H15ClN2O3. The summed E-state index contributed by atoms with van der Waals surface area (Å²) in [6.45, 7) is 0.543. The van der Waals surface area contributed by atoms with Crippen LogP contribution in [0, 0.1) is 10.1 Å². The van der Waals surface area contributed by atoms with Crippen molar-refractivity contribution in [3.05, 3.63) is 63.2 Å². The summed E-state index contributed by atoms with van der Waals surface area (Å²) in [4.78, 5) is 10.6. The summed E-state index contributed by atoms with van der Waals surface area (Å²) in [6, 6.07) is 12.5. The van der Waals surface area contributed by atoms with Gasteiger partial charge in [-0.15, -0.1) is 0 Å². The Morgan fingerprint density at radius 2 is 2.00 bits per heavy atom. The first kappa shape index (κ1) is 15.1. The monoisotopic (exact) mass is 306 g/mol. The van der Waals surface area contributed by atoms with Crippen LogP contribution >= 0.6 is 11.6 Å². The Morgan fingerprint density at radius 1 is 1.24 bits per heavy atom. The number of ether oxygens (including phenoxy) is 1. The first-order valence-electron chi connectivity index (χ1n) is 6.42. The predicted molar refractivity (Wildman–Crippen MR) is 83.3 cm³/mol. The minimum atomic E-state index is -0.478. The quantitative estimate of drug-likeness (QED) is 0.649. The molecule has 2 aromatic carbocycles. The lowest BCUT2D eigenvalue weighted by atomic mass is 10.1. The molecule has 0 unspecified atom stereocenters. The molecule has 5 nitrogen and oxygen atoms in total. The summed E-state index contributed by atoms with van der Waals surface area (Å²) in [7, 11) is 1.62. The molecule has 0 bridgehead atoms. The Morgan fingerprint density at radius 3 is 2.71 bits per heavy atom. The summed E-state index contributed by atoms with van der Waals surface area (Å²) in [5.41, 5.74) is 1.36. The van der Waals surface area contributed by atoms with Crippen molar-refractivity contribution in [3.63, 3.8) is 0 Å². The van der Waals surface area contributed by atoms with Crippen LogP contribution in [0.1, 0.15) is 5.56 Å². The highest BCUT2D eigenvalue weighted by Crippen LogP contribution is 2.32. The molecule has 0 aliphatic heterocycles. The second kappa shape index (κ2) is 6.95. The van der Waals surface area contributed by atoms with Gasteiger partial charge in [0.05, 0.1) is 12.0 Å². The Kier molecular flexibility index (Phi) is 5.00. The molecule has 2 rings (SSSR count). The van der Waals surface area contributed by atoms with Crippen LogP contribution in [0.4, 0.5) is 11.4 Å². The fourth-order valence-corrected chi connectivity index (χ4v) is 2.33. The molecule has 0 saturated carbocycles. The van der Waals surface area contributed by atoms with Crippen molar-refractivity contribution >= 4 is 23.0 Å². The van der Waals surface area contributed by atoms with Gasteiger partial charge in [-0.1, -0.05) is 35.9 Å². The van der Waals surface area contributed by atoms with Crippen LogP contribution in [-0.2, 0) is 6.42 Å². The first-order chi connectivity index (χ1) is 10.1. The normalized spacial score (nSPS) is 10.2. The molecule has 0 aliphatic carbocycles. The molecule has 21 heavy (non-hydrogen) atoms. The SMILES string of the molecule is COc1ccccc1CCNc1cccc(Cl)c1[N+](=O)[O-]. The maximum atomic E-state index is 11.0. The van der Waals surface area contributed by atoms with Gasteiger partial charge >= 0.3 is 5.69 Å². The number of rotatable bonds is 6. The number of nitro benzene ring substituents is 1. The van der Waals surface area contributed by atoms with Crippen molar-refractivity contribution in [2.24, 2.45) is 0 Å². The number of methoxy groups -OCH3 is 1. The smallest absolute Gasteiger partial charge is 0.310 e. The molecule has 0 radical (unpaired) electrons. The van der Waals surface area contributed by atoms with E-state index in [9.17, 15) is 10.1 Å². The third-order valence-corrected chi connectivity index (χ3v) is 3.38. The first-order valence-corrected chi connectivity index (χ1v) is 6.80. The van der Waals surface area contributed by atoms with Crippen molar-refractivity contribution in [2.45, 2.75) is 6.42 Å². The molecule has 2 aromatic rings. The van der Waals surface area contributed by atoms with Crippen LogP contribution in [0.3, 0.4) is 0 Å². The van der Waals surface area contributed by atoms with E-state index in [0.29, 0.717) is 18.7 Å². The second-order valence-electron chi connectivity index (χ2n) is 4.38. The van der Waals surface area contributed by atoms with Crippen LogP contribution in [0.25, 0.3) is 0 Å². The number of nitrogens with zero attached hydrogens (tertiary/aromatic N) is 1. The highest BCUT2D eigenvalue weighted by Gasteiger charge is 2.17. The molecule has 0 fully saturated rings. The summed E-state index contributed by atoms with van der Waals surface area (Å²) in [5, 5.41) is 14.2. The van der Waals surface area contributed by atoms with Crippen molar-refractivity contribution in [2.75, 3.05) is 19.0 Å². The average molecular weight is 307 g/mol. The standard InChI is InChI=1S/C15H15ClN2O3/c1-21-14-8-3-2-5-11(14)9-10-17-13-7-4-6-12(16)15(13)18(19)20/h2-8,17H,9-10H2,1H3. The molecule has 6 heteroatoms. The lowest BCUT2D eigenvalue weighted by Gasteiger charge is -2.10. The van der Waals surface area contributed by atoms with Gasteiger partial charge in [0.15, 0.2) is 0 Å². The third kappa shape index (κ3) is 3.64. The Hall–Kier alpha value is -2.27. The van der Waals surface area contributed by atoms with E-state index in [2.05, 4.69) is 5.32 Å². The van der Waals surface area contributed by atoms with Gasteiger partial charge in [-0.25, -0.2) is 0 Å². The molecule has 0 heterocycles. The molecule has 0 saturated heterocycles. The Balaban J connectivity index is 2.07. The van der Waals surface area contributed by atoms with Crippen molar-refractivity contribution in [1.82, 2.24) is 0 Å². The molecule has 0 atom stereocenters. The molecule has 0 spiro atoms. The van der Waals surface area contributed by atoms with Gasteiger partial charge in [-0.05, 0) is 30.2 Å². The maximum absolute atomic E-state index is 11.0. The second-order valence-corrected chi connectivity index (χ2v) is 4.79.